The van der Waals surface area contributed by atoms with E-state index in [2.05, 4.69) is 0 Å². The highest BCUT2D eigenvalue weighted by Crippen LogP contribution is 2.28. The van der Waals surface area contributed by atoms with E-state index in [0.29, 0.717) is 12.8 Å². The Morgan fingerprint density at radius 2 is 1.38 bits per heavy atom. The molecule has 0 saturated heterocycles. The lowest BCUT2D eigenvalue weighted by atomic mass is 10.4. The van der Waals surface area contributed by atoms with Crippen LogP contribution in [0.1, 0.15) is 19.8 Å². The molecule has 0 aliphatic carbocycles. The van der Waals surface area contributed by atoms with Gasteiger partial charge in [-0.2, -0.15) is 0 Å². The van der Waals surface area contributed by atoms with Crippen LogP contribution in [0, 0.1) is 0 Å². The van der Waals surface area contributed by atoms with Gasteiger partial charge in [-0.15, -0.1) is 0 Å². The summed E-state index contributed by atoms with van der Waals surface area (Å²) in [4.78, 5) is 0. The van der Waals surface area contributed by atoms with Crippen molar-refractivity contribution in [3.63, 3.8) is 0 Å². The van der Waals surface area contributed by atoms with Gasteiger partial charge in [0, 0.05) is 12.1 Å². The molecule has 0 unspecified atom stereocenters. The molecular formula is C6H13F5Si2. The summed E-state index contributed by atoms with van der Waals surface area (Å²) in [5, 5.41) is 0. The molecule has 0 bridgehead atoms. The first-order valence-corrected chi connectivity index (χ1v) is 8.22. The smallest absolute Gasteiger partial charge is 0.270 e. The van der Waals surface area contributed by atoms with Gasteiger partial charge >= 0.3 is 17.8 Å². The highest BCUT2D eigenvalue weighted by molar-refractivity contribution is 6.69. The van der Waals surface area contributed by atoms with Gasteiger partial charge in [-0.1, -0.05) is 19.8 Å². The van der Waals surface area contributed by atoms with Crippen molar-refractivity contribution >= 4 is 17.8 Å². The fourth-order valence-electron chi connectivity index (χ4n) is 0.885. The first-order chi connectivity index (χ1) is 5.77. The van der Waals surface area contributed by atoms with Crippen LogP contribution in [0.3, 0.4) is 0 Å². The maximum Gasteiger partial charge on any atom is 0.615 e. The molecule has 80 valence electrons. The second-order valence-corrected chi connectivity index (χ2v) is 7.52. The third kappa shape index (κ3) is 8.41. The van der Waals surface area contributed by atoms with E-state index in [0.717, 1.165) is 0 Å². The van der Waals surface area contributed by atoms with Crippen LogP contribution in [-0.2, 0) is 0 Å². The van der Waals surface area contributed by atoms with Crippen molar-refractivity contribution in [1.29, 1.82) is 0 Å². The van der Waals surface area contributed by atoms with Crippen LogP contribution in [0.5, 0.6) is 0 Å². The highest BCUT2D eigenvalue weighted by Gasteiger charge is 2.43. The third-order valence-electron chi connectivity index (χ3n) is 1.67. The molecule has 0 heterocycles. The second-order valence-electron chi connectivity index (χ2n) is 3.07. The van der Waals surface area contributed by atoms with Gasteiger partial charge in [-0.25, -0.2) is 12.3 Å². The summed E-state index contributed by atoms with van der Waals surface area (Å²) in [6, 6.07) is -2.37. The van der Waals surface area contributed by atoms with Crippen molar-refractivity contribution in [2.75, 3.05) is 0 Å². The molecule has 0 saturated carbocycles. The van der Waals surface area contributed by atoms with Gasteiger partial charge in [-0.3, -0.25) is 8.22 Å². The Morgan fingerprint density at radius 3 is 1.77 bits per heavy atom. The molecular weight excluding hydrogens is 223 g/mol. The molecule has 0 N–H and O–H groups in total. The van der Waals surface area contributed by atoms with Crippen molar-refractivity contribution in [1.82, 2.24) is 0 Å². The maximum atomic E-state index is 12.8. The summed E-state index contributed by atoms with van der Waals surface area (Å²) in [5.41, 5.74) is 0. The number of halogens is 5. The average Bonchev–Trinajstić information content (AvgIpc) is 1.97. The summed E-state index contributed by atoms with van der Waals surface area (Å²) >= 11 is 0. The fourth-order valence-corrected chi connectivity index (χ4v) is 4.60. The number of hydrogen-bond acceptors (Lipinski definition) is 0. The molecule has 0 aromatic rings. The van der Waals surface area contributed by atoms with Gasteiger partial charge in [0.2, 0.25) is 0 Å². The molecule has 7 heteroatoms. The lowest BCUT2D eigenvalue weighted by molar-refractivity contribution is 0.466. The number of rotatable bonds is 6. The minimum absolute atomic E-state index is 0.284. The van der Waals surface area contributed by atoms with Crippen molar-refractivity contribution in [2.45, 2.75) is 37.9 Å². The lowest BCUT2D eigenvalue weighted by Crippen LogP contribution is -2.26. The zero-order valence-electron chi connectivity index (χ0n) is 7.43. The molecule has 0 spiro atoms. The van der Waals surface area contributed by atoms with Crippen LogP contribution in [0.15, 0.2) is 0 Å². The summed E-state index contributed by atoms with van der Waals surface area (Å²) in [7, 11) is -10.3. The van der Waals surface area contributed by atoms with Gasteiger partial charge in [-0.05, 0) is 6.04 Å². The third-order valence-corrected chi connectivity index (χ3v) is 5.05. The standard InChI is InChI=1S/C6H13F5Si2/c1-2-3-4-12(7,8)5-6-13(9,10)11/h2-6H2,1H3. The van der Waals surface area contributed by atoms with Crippen LogP contribution in [0.2, 0.25) is 18.1 Å². The number of unbranched alkanes of at least 4 members (excludes halogenated alkanes) is 1. The van der Waals surface area contributed by atoms with Crippen LogP contribution in [-0.4, -0.2) is 17.8 Å². The zero-order chi connectivity index (χ0) is 10.5. The van der Waals surface area contributed by atoms with E-state index in [1.807, 2.05) is 0 Å². The van der Waals surface area contributed by atoms with Gasteiger partial charge < -0.3 is 0 Å². The normalized spacial score (nSPS) is 13.4. The first kappa shape index (κ1) is 13.1. The maximum absolute atomic E-state index is 12.8. The van der Waals surface area contributed by atoms with E-state index in [1.165, 1.54) is 0 Å². The van der Waals surface area contributed by atoms with Crippen LogP contribution in [0.4, 0.5) is 20.5 Å². The predicted molar refractivity (Wildman–Crippen MR) is 46.4 cm³/mol. The van der Waals surface area contributed by atoms with E-state index < -0.39 is 29.9 Å². The SMILES string of the molecule is CCCC[Si](F)(F)CC[Si](F)(F)F. The number of hydrogen-bond donors (Lipinski definition) is 0. The Morgan fingerprint density at radius 1 is 0.846 bits per heavy atom. The summed E-state index contributed by atoms with van der Waals surface area (Å²) < 4.78 is 60.8. The predicted octanol–water partition coefficient (Wildman–Crippen LogP) is 4.02. The Labute approximate surface area is 77.0 Å². The molecule has 0 aliphatic rings. The summed E-state index contributed by atoms with van der Waals surface area (Å²) in [6.07, 6.45) is 0.963. The van der Waals surface area contributed by atoms with E-state index >= 15 is 0 Å². The van der Waals surface area contributed by atoms with Crippen molar-refractivity contribution in [3.8, 4) is 0 Å². The Kier molecular flexibility index (Phi) is 5.12. The largest absolute Gasteiger partial charge is 0.615 e. The molecule has 0 amide bonds. The Bertz CT molecular complexity index is 144. The fraction of sp³-hybridized carbons (Fsp3) is 1.00. The van der Waals surface area contributed by atoms with Gasteiger partial charge in [0.25, 0.3) is 0 Å². The molecule has 0 fully saturated rings. The molecule has 0 atom stereocenters. The molecule has 0 aromatic heterocycles. The molecule has 0 rings (SSSR count). The minimum atomic E-state index is -5.75. The van der Waals surface area contributed by atoms with Crippen molar-refractivity contribution in [2.24, 2.45) is 0 Å². The quantitative estimate of drug-likeness (QED) is 0.371. The van der Waals surface area contributed by atoms with E-state index in [9.17, 15) is 20.5 Å². The van der Waals surface area contributed by atoms with Gasteiger partial charge in [0.15, 0.2) is 0 Å². The average molecular weight is 236 g/mol. The summed E-state index contributed by atoms with van der Waals surface area (Å²) in [6.45, 7) is 1.75. The minimum Gasteiger partial charge on any atom is -0.270 e. The van der Waals surface area contributed by atoms with Crippen molar-refractivity contribution in [3.05, 3.63) is 0 Å². The second kappa shape index (κ2) is 5.09. The van der Waals surface area contributed by atoms with E-state index in [-0.39, 0.29) is 6.04 Å². The zero-order valence-corrected chi connectivity index (χ0v) is 9.43. The lowest BCUT2D eigenvalue weighted by Gasteiger charge is -2.12. The Balaban J connectivity index is 3.75. The monoisotopic (exact) mass is 236 g/mol. The highest BCUT2D eigenvalue weighted by atomic mass is 28.5. The molecule has 0 radical (unpaired) electrons. The van der Waals surface area contributed by atoms with Crippen LogP contribution >= 0.6 is 0 Å². The molecule has 0 aliphatic heterocycles. The Hall–Kier alpha value is 0.0838. The van der Waals surface area contributed by atoms with Crippen molar-refractivity contribution < 1.29 is 20.5 Å². The molecule has 0 nitrogen and oxygen atoms in total. The van der Waals surface area contributed by atoms with Crippen LogP contribution < -0.4 is 0 Å². The van der Waals surface area contributed by atoms with E-state index in [4.69, 9.17) is 0 Å². The van der Waals surface area contributed by atoms with Gasteiger partial charge in [0.1, 0.15) is 0 Å². The van der Waals surface area contributed by atoms with Crippen LogP contribution in [0.25, 0.3) is 0 Å². The summed E-state index contributed by atoms with van der Waals surface area (Å²) in [5.74, 6) is 0. The molecule has 0 aromatic carbocycles. The van der Waals surface area contributed by atoms with E-state index in [1.54, 1.807) is 6.92 Å². The topological polar surface area (TPSA) is 0 Å². The van der Waals surface area contributed by atoms with Gasteiger partial charge in [0.05, 0.1) is 0 Å². The first-order valence-electron chi connectivity index (χ1n) is 4.21. The molecule has 13 heavy (non-hydrogen) atoms.